The number of anilines is 1. The second kappa shape index (κ2) is 12.1. The van der Waals surface area contributed by atoms with Crippen LogP contribution in [0.1, 0.15) is 32.7 Å². The number of ether oxygens (including phenoxy) is 1. The molecule has 2 amide bonds. The molecule has 7 nitrogen and oxygen atoms in total. The predicted molar refractivity (Wildman–Crippen MR) is 187 cm³/mol. The topological polar surface area (TPSA) is 93.6 Å². The summed E-state index contributed by atoms with van der Waals surface area (Å²) < 4.78 is 6.06. The number of carbonyl (C=O) groups is 4. The van der Waals surface area contributed by atoms with E-state index in [1.165, 1.54) is 4.90 Å². The van der Waals surface area contributed by atoms with Crippen LogP contribution in [-0.2, 0) is 14.3 Å². The molecular weight excluding hydrogens is 827 g/mol. The first-order valence-corrected chi connectivity index (χ1v) is 17.9. The Balaban J connectivity index is 1.20. The first-order valence-electron chi connectivity index (χ1n) is 14.5. The van der Waals surface area contributed by atoms with Crippen molar-refractivity contribution in [3.8, 4) is 11.3 Å². The molecule has 4 aromatic rings. The lowest BCUT2D eigenvalue weighted by atomic mass is 9.81. The van der Waals surface area contributed by atoms with Crippen LogP contribution < -0.4 is 4.90 Å². The summed E-state index contributed by atoms with van der Waals surface area (Å²) in [5.41, 5.74) is 3.32. The number of pyridine rings is 1. The number of rotatable bonds is 6. The number of alkyl halides is 2. The third-order valence-electron chi connectivity index (χ3n) is 9.35. The van der Waals surface area contributed by atoms with Gasteiger partial charge in [-0.3, -0.25) is 19.3 Å². The van der Waals surface area contributed by atoms with E-state index >= 15 is 0 Å². The van der Waals surface area contributed by atoms with Crippen molar-refractivity contribution in [3.05, 3.63) is 91.9 Å². The highest BCUT2D eigenvalue weighted by Crippen LogP contribution is 2.60. The first-order chi connectivity index (χ1) is 22.0. The number of ketones is 1. The fourth-order valence-corrected chi connectivity index (χ4v) is 9.76. The van der Waals surface area contributed by atoms with Crippen molar-refractivity contribution in [2.24, 2.45) is 23.7 Å². The van der Waals surface area contributed by atoms with Crippen molar-refractivity contribution >= 4 is 111 Å². The molecule has 1 aromatic heterocycles. The summed E-state index contributed by atoms with van der Waals surface area (Å²) in [6.07, 6.45) is 0.860. The molecular formula is C34H23Br3Cl2N2O5. The predicted octanol–water partition coefficient (Wildman–Crippen LogP) is 8.60. The van der Waals surface area contributed by atoms with E-state index in [9.17, 15) is 19.2 Å². The van der Waals surface area contributed by atoms with Crippen LogP contribution in [0.4, 0.5) is 5.69 Å². The van der Waals surface area contributed by atoms with Crippen LogP contribution in [-0.4, -0.2) is 44.8 Å². The number of hydrogen-bond acceptors (Lipinski definition) is 6. The number of hydrogen-bond donors (Lipinski definition) is 0. The van der Waals surface area contributed by atoms with Crippen LogP contribution in [0.3, 0.4) is 0 Å². The number of esters is 1. The maximum absolute atomic E-state index is 13.5. The van der Waals surface area contributed by atoms with Crippen LogP contribution in [0, 0.1) is 30.6 Å². The van der Waals surface area contributed by atoms with Crippen LogP contribution in [0.15, 0.2) is 65.1 Å². The van der Waals surface area contributed by atoms with Gasteiger partial charge in [0.15, 0.2) is 12.4 Å². The van der Waals surface area contributed by atoms with Crippen LogP contribution >= 0.6 is 71.0 Å². The zero-order chi connectivity index (χ0) is 32.6. The monoisotopic (exact) mass is 846 g/mol. The van der Waals surface area contributed by atoms with Crippen molar-refractivity contribution in [1.29, 1.82) is 0 Å². The van der Waals surface area contributed by atoms with E-state index < -0.39 is 12.6 Å². The Morgan fingerprint density at radius 2 is 1.54 bits per heavy atom. The van der Waals surface area contributed by atoms with Gasteiger partial charge in [0.2, 0.25) is 11.8 Å². The second-order valence-electron chi connectivity index (χ2n) is 11.8. The molecule has 1 aliphatic heterocycles. The molecule has 2 aliphatic carbocycles. The zero-order valence-electron chi connectivity index (χ0n) is 24.0. The molecule has 46 heavy (non-hydrogen) atoms. The fourth-order valence-electron chi connectivity index (χ4n) is 7.09. The highest BCUT2D eigenvalue weighted by molar-refractivity contribution is 9.12. The van der Waals surface area contributed by atoms with Gasteiger partial charge in [0.25, 0.3) is 0 Å². The molecule has 3 fully saturated rings. The Morgan fingerprint density at radius 3 is 2.15 bits per heavy atom. The highest BCUT2D eigenvalue weighted by atomic mass is 79.9. The summed E-state index contributed by atoms with van der Waals surface area (Å²) in [6.45, 7) is 1.34. The number of amides is 2. The van der Waals surface area contributed by atoms with E-state index in [4.69, 9.17) is 32.9 Å². The van der Waals surface area contributed by atoms with E-state index in [-0.39, 0.29) is 56.5 Å². The summed E-state index contributed by atoms with van der Waals surface area (Å²) >= 11 is 23.4. The normalized spacial score (nSPS) is 25.0. The van der Waals surface area contributed by atoms with E-state index in [1.807, 2.05) is 0 Å². The van der Waals surface area contributed by atoms with Crippen LogP contribution in [0.25, 0.3) is 22.2 Å². The summed E-state index contributed by atoms with van der Waals surface area (Å²) in [4.78, 5) is 59.7. The number of carbonyl (C=O) groups excluding carboxylic acids is 4. The van der Waals surface area contributed by atoms with Crippen molar-refractivity contribution in [2.45, 2.75) is 23.0 Å². The summed E-state index contributed by atoms with van der Waals surface area (Å²) in [7, 11) is 0. The van der Waals surface area contributed by atoms with Gasteiger partial charge < -0.3 is 4.74 Å². The number of benzene rings is 3. The standard InChI is InChI=1S/C34H23Br3Cl2N2O5/c1-14-30(39)23(35)11-19-20(34(45)46-13-25(42)16-2-6-17(38)7-3-16)12-24(40-31(14)19)15-4-8-18(9-5-15)41-32(43)26-21-10-22(27(26)33(41)44)29(37)28(21)36/h2-9,11-12,21-22,26-29H,10,13H2,1H3. The van der Waals surface area contributed by atoms with Crippen molar-refractivity contribution < 1.29 is 23.9 Å². The third kappa shape index (κ3) is 5.15. The number of imide groups is 1. The number of aryl methyl sites for hydroxylation is 1. The minimum atomic E-state index is -0.703. The van der Waals surface area contributed by atoms with Gasteiger partial charge >= 0.3 is 5.97 Å². The molecule has 6 atom stereocenters. The lowest BCUT2D eigenvalue weighted by Crippen LogP contribution is -2.37. The minimum absolute atomic E-state index is 0.122. The highest BCUT2D eigenvalue weighted by Gasteiger charge is 2.66. The molecule has 12 heteroatoms. The van der Waals surface area contributed by atoms with Gasteiger partial charge in [0.05, 0.1) is 39.3 Å². The Morgan fingerprint density at radius 1 is 0.935 bits per heavy atom. The van der Waals surface area contributed by atoms with Gasteiger partial charge in [-0.2, -0.15) is 0 Å². The average Bonchev–Trinajstić information content (AvgIpc) is 3.67. The molecule has 2 bridgehead atoms. The number of fused-ring (bicyclic) bond motifs is 6. The number of Topliss-reactive ketones (excluding diaryl/α,β-unsaturated/α-hetero) is 1. The van der Waals surface area contributed by atoms with Gasteiger partial charge in [-0.1, -0.05) is 67.2 Å². The summed E-state index contributed by atoms with van der Waals surface area (Å²) in [5, 5.41) is 1.44. The Hall–Kier alpha value is -2.63. The van der Waals surface area contributed by atoms with Crippen LogP contribution in [0.5, 0.6) is 0 Å². The lowest BCUT2D eigenvalue weighted by molar-refractivity contribution is -0.123. The Labute approximate surface area is 299 Å². The van der Waals surface area contributed by atoms with Crippen molar-refractivity contribution in [1.82, 2.24) is 4.98 Å². The quantitative estimate of drug-likeness (QED) is 0.0836. The lowest BCUT2D eigenvalue weighted by Gasteiger charge is -2.28. The molecule has 7 rings (SSSR count). The zero-order valence-corrected chi connectivity index (χ0v) is 30.2. The van der Waals surface area contributed by atoms with E-state index in [0.29, 0.717) is 53.5 Å². The molecule has 1 saturated heterocycles. The second-order valence-corrected chi connectivity index (χ2v) is 15.6. The number of nitrogens with zero attached hydrogens (tertiary/aromatic N) is 2. The van der Waals surface area contributed by atoms with Crippen molar-refractivity contribution in [2.75, 3.05) is 11.5 Å². The van der Waals surface area contributed by atoms with Crippen LogP contribution in [0.2, 0.25) is 10.0 Å². The summed E-state index contributed by atoms with van der Waals surface area (Å²) in [5.74, 6) is -1.77. The van der Waals surface area contributed by atoms with E-state index in [0.717, 1.165) is 6.42 Å². The molecule has 6 unspecified atom stereocenters. The first kappa shape index (κ1) is 31.9. The van der Waals surface area contributed by atoms with Gasteiger partial charge in [-0.05, 0) is 95.2 Å². The van der Waals surface area contributed by atoms with Gasteiger partial charge in [-0.15, -0.1) is 0 Å². The molecule has 2 saturated carbocycles. The molecule has 2 heterocycles. The maximum Gasteiger partial charge on any atom is 0.339 e. The van der Waals surface area contributed by atoms with Gasteiger partial charge in [0, 0.05) is 35.7 Å². The number of halogens is 5. The third-order valence-corrected chi connectivity index (χ3v) is 14.2. The molecule has 0 N–H and O–H groups in total. The Bertz CT molecular complexity index is 1940. The fraction of sp³-hybridized carbons (Fsp3) is 0.265. The molecule has 3 aromatic carbocycles. The van der Waals surface area contributed by atoms with E-state index in [1.54, 1.807) is 67.6 Å². The SMILES string of the molecule is Cc1c(Cl)c(Br)cc2c(C(=O)OCC(=O)c3ccc(Cl)cc3)cc(-c3ccc(N4C(=O)C5C6CC(C(Br)C6Br)C5C4=O)cc3)nc12. The van der Waals surface area contributed by atoms with Crippen molar-refractivity contribution in [3.63, 3.8) is 0 Å². The maximum atomic E-state index is 13.5. The molecule has 0 radical (unpaired) electrons. The minimum Gasteiger partial charge on any atom is -0.454 e. The summed E-state index contributed by atoms with van der Waals surface area (Å²) in [6, 6.07) is 16.6. The van der Waals surface area contributed by atoms with Gasteiger partial charge in [-0.25, -0.2) is 9.78 Å². The molecule has 234 valence electrons. The smallest absolute Gasteiger partial charge is 0.339 e. The van der Waals surface area contributed by atoms with E-state index in [2.05, 4.69) is 47.8 Å². The van der Waals surface area contributed by atoms with Gasteiger partial charge in [0.1, 0.15) is 0 Å². The molecule has 0 spiro atoms. The Kier molecular flexibility index (Phi) is 8.41. The number of aromatic nitrogens is 1. The average molecular weight is 850 g/mol. The molecule has 3 aliphatic rings. The largest absolute Gasteiger partial charge is 0.454 e.